The molecule has 1 aliphatic carbocycles. The van der Waals surface area contributed by atoms with Crippen molar-refractivity contribution < 1.29 is 19.1 Å². The minimum atomic E-state index is -0.257. The highest BCUT2D eigenvalue weighted by Crippen LogP contribution is 2.47. The van der Waals surface area contributed by atoms with E-state index in [2.05, 4.69) is 13.8 Å². The van der Waals surface area contributed by atoms with Crippen molar-refractivity contribution in [2.24, 2.45) is 5.41 Å². The predicted octanol–water partition coefficient (Wildman–Crippen LogP) is 3.14. The Balaban J connectivity index is 2.15. The first-order valence-electron chi connectivity index (χ1n) is 9.17. The molecule has 0 saturated carbocycles. The fraction of sp³-hybridized carbons (Fsp3) is 0.524. The summed E-state index contributed by atoms with van der Waals surface area (Å²) >= 11 is 0. The SMILES string of the molecule is COc1ccc([C@H]2CC(=O)N(N(C)C)C3=C2C(=O)CC(C)(C)C3)cc1OC. The summed E-state index contributed by atoms with van der Waals surface area (Å²) in [5.41, 5.74) is 2.33. The molecular weight excluding hydrogens is 344 g/mol. The lowest BCUT2D eigenvalue weighted by Crippen LogP contribution is -2.49. The van der Waals surface area contributed by atoms with Crippen molar-refractivity contribution in [2.45, 2.75) is 39.0 Å². The fourth-order valence-electron chi connectivity index (χ4n) is 4.22. The average molecular weight is 372 g/mol. The van der Waals surface area contributed by atoms with Gasteiger partial charge in [-0.05, 0) is 29.5 Å². The van der Waals surface area contributed by atoms with E-state index in [9.17, 15) is 9.59 Å². The number of hydrogen-bond donors (Lipinski definition) is 0. The van der Waals surface area contributed by atoms with E-state index in [0.717, 1.165) is 16.8 Å². The van der Waals surface area contributed by atoms with Crippen LogP contribution < -0.4 is 9.47 Å². The Morgan fingerprint density at radius 2 is 1.74 bits per heavy atom. The molecule has 1 aromatic rings. The Morgan fingerprint density at radius 3 is 2.33 bits per heavy atom. The average Bonchev–Trinajstić information content (AvgIpc) is 2.58. The minimum absolute atomic E-state index is 0.00374. The summed E-state index contributed by atoms with van der Waals surface area (Å²) in [6, 6.07) is 5.62. The van der Waals surface area contributed by atoms with Gasteiger partial charge in [-0.15, -0.1) is 0 Å². The predicted molar refractivity (Wildman–Crippen MR) is 102 cm³/mol. The van der Waals surface area contributed by atoms with Crippen LogP contribution in [0.25, 0.3) is 0 Å². The highest BCUT2D eigenvalue weighted by Gasteiger charge is 2.44. The molecule has 1 amide bonds. The van der Waals surface area contributed by atoms with Gasteiger partial charge in [-0.3, -0.25) is 9.59 Å². The summed E-state index contributed by atoms with van der Waals surface area (Å²) in [5.74, 6) is 1.10. The number of carbonyl (C=O) groups is 2. The first-order chi connectivity index (χ1) is 12.7. The second kappa shape index (κ2) is 7.00. The zero-order chi connectivity index (χ0) is 19.9. The quantitative estimate of drug-likeness (QED) is 0.813. The lowest BCUT2D eigenvalue weighted by Gasteiger charge is -2.44. The molecule has 0 unspecified atom stereocenters. The minimum Gasteiger partial charge on any atom is -0.493 e. The first-order valence-corrected chi connectivity index (χ1v) is 9.17. The van der Waals surface area contributed by atoms with Gasteiger partial charge in [-0.25, -0.2) is 10.0 Å². The van der Waals surface area contributed by atoms with E-state index in [0.29, 0.717) is 24.3 Å². The molecule has 6 nitrogen and oxygen atoms in total. The molecule has 146 valence electrons. The molecule has 3 rings (SSSR count). The monoisotopic (exact) mass is 372 g/mol. The van der Waals surface area contributed by atoms with Gasteiger partial charge in [0.1, 0.15) is 0 Å². The number of hydrogen-bond acceptors (Lipinski definition) is 5. The summed E-state index contributed by atoms with van der Waals surface area (Å²) in [4.78, 5) is 26.1. The van der Waals surface area contributed by atoms with Gasteiger partial charge < -0.3 is 9.47 Å². The molecule has 0 radical (unpaired) electrons. The molecule has 0 spiro atoms. The van der Waals surface area contributed by atoms with Gasteiger partial charge in [0.2, 0.25) is 5.91 Å². The largest absolute Gasteiger partial charge is 0.493 e. The van der Waals surface area contributed by atoms with Gasteiger partial charge in [-0.1, -0.05) is 19.9 Å². The van der Waals surface area contributed by atoms with E-state index < -0.39 is 0 Å². The van der Waals surface area contributed by atoms with Gasteiger partial charge in [0.15, 0.2) is 17.3 Å². The summed E-state index contributed by atoms with van der Waals surface area (Å²) < 4.78 is 10.7. The van der Waals surface area contributed by atoms with Gasteiger partial charge in [0.25, 0.3) is 0 Å². The van der Waals surface area contributed by atoms with Crippen molar-refractivity contribution in [1.82, 2.24) is 10.0 Å². The molecule has 0 saturated heterocycles. The fourth-order valence-corrected chi connectivity index (χ4v) is 4.22. The lowest BCUT2D eigenvalue weighted by atomic mass is 9.69. The van der Waals surface area contributed by atoms with E-state index in [4.69, 9.17) is 9.47 Å². The van der Waals surface area contributed by atoms with Crippen molar-refractivity contribution in [1.29, 1.82) is 0 Å². The Kier molecular flexibility index (Phi) is 5.04. The zero-order valence-electron chi connectivity index (χ0n) is 17.0. The molecule has 1 aromatic carbocycles. The molecule has 27 heavy (non-hydrogen) atoms. The maximum atomic E-state index is 13.1. The van der Waals surface area contributed by atoms with Gasteiger partial charge in [-0.2, -0.15) is 0 Å². The van der Waals surface area contributed by atoms with E-state index in [-0.39, 0.29) is 29.4 Å². The molecule has 0 N–H and O–H groups in total. The number of allylic oxidation sites excluding steroid dienone is 2. The number of amides is 1. The highest BCUT2D eigenvalue weighted by atomic mass is 16.5. The normalized spacial score (nSPS) is 22.2. The number of benzene rings is 1. The second-order valence-corrected chi connectivity index (χ2v) is 8.23. The smallest absolute Gasteiger partial charge is 0.242 e. The van der Waals surface area contributed by atoms with Crippen molar-refractivity contribution in [2.75, 3.05) is 28.3 Å². The Bertz CT molecular complexity index is 810. The van der Waals surface area contributed by atoms with Crippen molar-refractivity contribution in [3.05, 3.63) is 35.0 Å². The number of nitrogens with zero attached hydrogens (tertiary/aromatic N) is 2. The number of Topliss-reactive ketones (excluding diaryl/α,β-unsaturated/α-hetero) is 1. The van der Waals surface area contributed by atoms with Crippen LogP contribution in [0.5, 0.6) is 11.5 Å². The number of hydrazine groups is 1. The van der Waals surface area contributed by atoms with Crippen molar-refractivity contribution >= 4 is 11.7 Å². The molecule has 1 atom stereocenters. The number of rotatable bonds is 4. The maximum absolute atomic E-state index is 13.1. The van der Waals surface area contributed by atoms with E-state index in [1.54, 1.807) is 24.2 Å². The third-order valence-electron chi connectivity index (χ3n) is 5.33. The highest BCUT2D eigenvalue weighted by molar-refractivity contribution is 6.02. The molecule has 0 fully saturated rings. The molecule has 0 aromatic heterocycles. The topological polar surface area (TPSA) is 59.1 Å². The molecular formula is C21H28N2O4. The summed E-state index contributed by atoms with van der Waals surface area (Å²) in [7, 11) is 6.85. The Morgan fingerprint density at radius 1 is 1.07 bits per heavy atom. The van der Waals surface area contributed by atoms with Crippen LogP contribution in [0.4, 0.5) is 0 Å². The molecule has 2 aliphatic rings. The third kappa shape index (κ3) is 3.46. The van der Waals surface area contributed by atoms with Crippen LogP contribution in [0, 0.1) is 5.41 Å². The van der Waals surface area contributed by atoms with Gasteiger partial charge in [0.05, 0.1) is 14.2 Å². The number of methoxy groups -OCH3 is 2. The van der Waals surface area contributed by atoms with Crippen LogP contribution in [0.3, 0.4) is 0 Å². The number of ketones is 1. The Hall–Kier alpha value is -2.34. The van der Waals surface area contributed by atoms with Gasteiger partial charge in [0, 0.05) is 44.1 Å². The van der Waals surface area contributed by atoms with E-state index in [1.807, 2.05) is 32.3 Å². The van der Waals surface area contributed by atoms with Crippen LogP contribution >= 0.6 is 0 Å². The Labute approximate surface area is 160 Å². The molecule has 1 aliphatic heterocycles. The van der Waals surface area contributed by atoms with Crippen LogP contribution in [0.1, 0.15) is 44.6 Å². The lowest BCUT2D eigenvalue weighted by molar-refractivity contribution is -0.143. The maximum Gasteiger partial charge on any atom is 0.242 e. The zero-order valence-corrected chi connectivity index (χ0v) is 17.0. The van der Waals surface area contributed by atoms with Crippen molar-refractivity contribution in [3.63, 3.8) is 0 Å². The van der Waals surface area contributed by atoms with Crippen LogP contribution in [-0.2, 0) is 9.59 Å². The molecule has 1 heterocycles. The first kappa shape index (κ1) is 19.4. The van der Waals surface area contributed by atoms with E-state index in [1.165, 1.54) is 0 Å². The van der Waals surface area contributed by atoms with Crippen molar-refractivity contribution in [3.8, 4) is 11.5 Å². The molecule has 0 bridgehead atoms. The van der Waals surface area contributed by atoms with E-state index >= 15 is 0 Å². The van der Waals surface area contributed by atoms with Crippen LogP contribution in [0.2, 0.25) is 0 Å². The standard InChI is InChI=1S/C21H28N2O4/c1-21(2)11-15-20(16(24)12-21)14(10-19(25)23(15)22(3)4)13-7-8-17(26-5)18(9-13)27-6/h7-9,14H,10-12H2,1-6H3/t14-/m1/s1. The molecule has 6 heteroatoms. The van der Waals surface area contributed by atoms with Crippen LogP contribution in [-0.4, -0.2) is 50.0 Å². The van der Waals surface area contributed by atoms with Crippen LogP contribution in [0.15, 0.2) is 29.5 Å². The summed E-state index contributed by atoms with van der Waals surface area (Å²) in [6.45, 7) is 4.15. The number of carbonyl (C=O) groups excluding carboxylic acids is 2. The van der Waals surface area contributed by atoms with Gasteiger partial charge >= 0.3 is 0 Å². The third-order valence-corrected chi connectivity index (χ3v) is 5.33. The summed E-state index contributed by atoms with van der Waals surface area (Å²) in [6.07, 6.45) is 1.45. The number of ether oxygens (including phenoxy) is 2. The second-order valence-electron chi connectivity index (χ2n) is 8.23. The summed E-state index contributed by atoms with van der Waals surface area (Å²) in [5, 5.41) is 3.45.